The van der Waals surface area contributed by atoms with Crippen molar-refractivity contribution in [2.75, 3.05) is 40.4 Å². The Morgan fingerprint density at radius 1 is 1.18 bits per heavy atom. The summed E-state index contributed by atoms with van der Waals surface area (Å²) in [5, 5.41) is 9.42. The van der Waals surface area contributed by atoms with E-state index in [9.17, 15) is 10.1 Å². The van der Waals surface area contributed by atoms with Gasteiger partial charge in [-0.05, 0) is 76.0 Å². The van der Waals surface area contributed by atoms with Gasteiger partial charge in [0, 0.05) is 48.4 Å². The average molecular weight is 528 g/mol. The Morgan fingerprint density at radius 2 is 1.95 bits per heavy atom. The molecule has 0 bridgehead atoms. The summed E-state index contributed by atoms with van der Waals surface area (Å²) in [6.07, 6.45) is 4.79. The van der Waals surface area contributed by atoms with Gasteiger partial charge in [-0.2, -0.15) is 5.26 Å². The summed E-state index contributed by atoms with van der Waals surface area (Å²) in [5.41, 5.74) is 6.73. The van der Waals surface area contributed by atoms with Gasteiger partial charge in [0.15, 0.2) is 0 Å². The van der Waals surface area contributed by atoms with Crippen molar-refractivity contribution in [3.8, 4) is 28.7 Å². The van der Waals surface area contributed by atoms with Crippen LogP contribution >= 0.6 is 0 Å². The summed E-state index contributed by atoms with van der Waals surface area (Å²) in [7, 11) is 3.77. The quantitative estimate of drug-likeness (QED) is 0.367. The van der Waals surface area contributed by atoms with E-state index >= 15 is 0 Å². The first-order valence-corrected chi connectivity index (χ1v) is 13.5. The second kappa shape index (κ2) is 12.3. The largest absolute Gasteiger partial charge is 0.496 e. The number of likely N-dealkylation sites (N-methyl/N-ethyl adjacent to an activating group) is 1. The van der Waals surface area contributed by atoms with Gasteiger partial charge in [0.2, 0.25) is 0 Å². The number of methoxy groups -OCH3 is 1. The number of benzene rings is 1. The fourth-order valence-corrected chi connectivity index (χ4v) is 5.14. The van der Waals surface area contributed by atoms with E-state index in [2.05, 4.69) is 47.0 Å². The van der Waals surface area contributed by atoms with Crippen LogP contribution in [0.5, 0.6) is 11.5 Å². The van der Waals surface area contributed by atoms with E-state index in [1.54, 1.807) is 19.4 Å². The zero-order valence-electron chi connectivity index (χ0n) is 23.7. The van der Waals surface area contributed by atoms with E-state index in [1.807, 2.05) is 31.7 Å². The maximum atomic E-state index is 14.1. The molecule has 204 valence electrons. The lowest BCUT2D eigenvalue weighted by atomic mass is 9.86. The number of hydrogen-bond acceptors (Lipinski definition) is 7. The van der Waals surface area contributed by atoms with Crippen LogP contribution in [0, 0.1) is 18.3 Å². The molecule has 3 heterocycles. The molecule has 1 amide bonds. The fraction of sp³-hybridized carbons (Fsp3) is 0.419. The van der Waals surface area contributed by atoms with Crippen LogP contribution in [0.4, 0.5) is 0 Å². The second-order valence-electron chi connectivity index (χ2n) is 9.86. The maximum Gasteiger partial charge on any atom is 0.254 e. The van der Waals surface area contributed by atoms with Crippen molar-refractivity contribution in [1.29, 1.82) is 5.26 Å². The number of ether oxygens (including phenoxy) is 2. The molecule has 3 aromatic rings. The summed E-state index contributed by atoms with van der Waals surface area (Å²) in [4.78, 5) is 27.3. The van der Waals surface area contributed by atoms with Crippen LogP contribution in [0.2, 0.25) is 0 Å². The lowest BCUT2D eigenvalue weighted by Gasteiger charge is -2.35. The Balaban J connectivity index is 1.78. The van der Waals surface area contributed by atoms with E-state index < -0.39 is 0 Å². The number of nitrogens with zero attached hydrogens (tertiary/aromatic N) is 5. The minimum absolute atomic E-state index is 0.0275. The molecule has 0 radical (unpaired) electrons. The Morgan fingerprint density at radius 3 is 2.64 bits per heavy atom. The number of amides is 1. The molecule has 1 atom stereocenters. The number of aromatic nitrogens is 2. The van der Waals surface area contributed by atoms with Gasteiger partial charge in [0.1, 0.15) is 23.1 Å². The molecule has 1 aliphatic heterocycles. The van der Waals surface area contributed by atoms with Gasteiger partial charge in [0.25, 0.3) is 5.91 Å². The smallest absolute Gasteiger partial charge is 0.254 e. The summed E-state index contributed by atoms with van der Waals surface area (Å²) in [5.74, 6) is 1.21. The standard InChI is InChI=1S/C31H37N5O3/c1-7-35(5)13-10-22-15-25(30-20(3)33-12-9-28(30)38-6)24-11-14-36(31(37)26(24)16-22)21(4)27-17-29(39-8-2)23(18-32)19-34-27/h9,12,15-17,19,21H,7-8,10-11,13-14H2,1-6H3. The molecule has 0 spiro atoms. The second-order valence-corrected chi connectivity index (χ2v) is 9.86. The number of nitriles is 1. The molecule has 8 nitrogen and oxygen atoms in total. The number of rotatable bonds is 10. The van der Waals surface area contributed by atoms with Crippen LogP contribution < -0.4 is 9.47 Å². The normalized spacial score (nSPS) is 13.7. The monoisotopic (exact) mass is 527 g/mol. The molecule has 0 N–H and O–H groups in total. The molecule has 1 aliphatic rings. The first-order chi connectivity index (χ1) is 18.8. The first kappa shape index (κ1) is 28.1. The highest BCUT2D eigenvalue weighted by Gasteiger charge is 2.32. The minimum Gasteiger partial charge on any atom is -0.496 e. The van der Waals surface area contributed by atoms with Crippen molar-refractivity contribution in [2.24, 2.45) is 0 Å². The number of hydrogen-bond donors (Lipinski definition) is 0. The number of aryl methyl sites for hydroxylation is 1. The van der Waals surface area contributed by atoms with Crippen LogP contribution in [-0.2, 0) is 12.8 Å². The molecule has 1 unspecified atom stereocenters. The zero-order valence-corrected chi connectivity index (χ0v) is 23.7. The molecular weight excluding hydrogens is 490 g/mol. The summed E-state index contributed by atoms with van der Waals surface area (Å²) < 4.78 is 11.4. The van der Waals surface area contributed by atoms with E-state index in [1.165, 1.54) is 6.20 Å². The van der Waals surface area contributed by atoms with Crippen molar-refractivity contribution in [3.63, 3.8) is 0 Å². The van der Waals surface area contributed by atoms with Gasteiger partial charge < -0.3 is 19.3 Å². The third-order valence-electron chi connectivity index (χ3n) is 7.52. The van der Waals surface area contributed by atoms with Crippen molar-refractivity contribution in [3.05, 3.63) is 70.3 Å². The predicted octanol–water partition coefficient (Wildman–Crippen LogP) is 4.98. The van der Waals surface area contributed by atoms with E-state index in [4.69, 9.17) is 9.47 Å². The zero-order chi connectivity index (χ0) is 28.1. The van der Waals surface area contributed by atoms with Crippen molar-refractivity contribution in [1.82, 2.24) is 19.8 Å². The topological polar surface area (TPSA) is 91.6 Å². The predicted molar refractivity (Wildman–Crippen MR) is 151 cm³/mol. The fourth-order valence-electron chi connectivity index (χ4n) is 5.14. The lowest BCUT2D eigenvalue weighted by molar-refractivity contribution is 0.0669. The third kappa shape index (κ3) is 5.74. The molecule has 0 fully saturated rings. The molecule has 0 saturated heterocycles. The van der Waals surface area contributed by atoms with Gasteiger partial charge in [0.05, 0.1) is 25.5 Å². The highest BCUT2D eigenvalue weighted by atomic mass is 16.5. The third-order valence-corrected chi connectivity index (χ3v) is 7.52. The Bertz CT molecular complexity index is 1400. The molecule has 0 aliphatic carbocycles. The van der Waals surface area contributed by atoms with Gasteiger partial charge >= 0.3 is 0 Å². The Labute approximate surface area is 231 Å². The summed E-state index contributed by atoms with van der Waals surface area (Å²) in [6, 6.07) is 9.75. The van der Waals surface area contributed by atoms with E-state index in [-0.39, 0.29) is 11.9 Å². The van der Waals surface area contributed by atoms with E-state index in [0.29, 0.717) is 42.1 Å². The summed E-state index contributed by atoms with van der Waals surface area (Å²) in [6.45, 7) is 10.8. The highest BCUT2D eigenvalue weighted by molar-refractivity contribution is 5.99. The molecular formula is C31H37N5O3. The van der Waals surface area contributed by atoms with Gasteiger partial charge in [-0.15, -0.1) is 0 Å². The van der Waals surface area contributed by atoms with Crippen LogP contribution in [0.25, 0.3) is 11.1 Å². The van der Waals surface area contributed by atoms with Crippen LogP contribution in [-0.4, -0.2) is 66.1 Å². The highest BCUT2D eigenvalue weighted by Crippen LogP contribution is 2.39. The molecule has 2 aromatic heterocycles. The molecule has 4 rings (SSSR count). The molecule has 39 heavy (non-hydrogen) atoms. The van der Waals surface area contributed by atoms with Gasteiger partial charge in [-0.1, -0.05) is 13.0 Å². The average Bonchev–Trinajstić information content (AvgIpc) is 2.95. The number of fused-ring (bicyclic) bond motifs is 1. The number of pyridine rings is 2. The molecule has 0 saturated carbocycles. The van der Waals surface area contributed by atoms with Gasteiger partial charge in [-0.25, -0.2) is 0 Å². The van der Waals surface area contributed by atoms with Crippen molar-refractivity contribution >= 4 is 5.91 Å². The van der Waals surface area contributed by atoms with E-state index in [0.717, 1.165) is 53.2 Å². The van der Waals surface area contributed by atoms with Crippen LogP contribution in [0.3, 0.4) is 0 Å². The molecule has 1 aromatic carbocycles. The van der Waals surface area contributed by atoms with Crippen LogP contribution in [0.1, 0.15) is 65.2 Å². The Hall–Kier alpha value is -3.96. The molecule has 8 heteroatoms. The van der Waals surface area contributed by atoms with Crippen molar-refractivity contribution in [2.45, 2.75) is 46.6 Å². The van der Waals surface area contributed by atoms with Gasteiger partial charge in [-0.3, -0.25) is 14.8 Å². The minimum atomic E-state index is -0.286. The number of carbonyl (C=O) groups excluding carboxylic acids is 1. The van der Waals surface area contributed by atoms with Crippen molar-refractivity contribution < 1.29 is 14.3 Å². The maximum absolute atomic E-state index is 14.1. The SMILES string of the molecule is CCOc1cc(C(C)N2CCc3c(cc(CCN(C)CC)cc3-c3c(OC)ccnc3C)C2=O)ncc1C#N. The lowest BCUT2D eigenvalue weighted by Crippen LogP contribution is -2.40. The first-order valence-electron chi connectivity index (χ1n) is 13.5. The van der Waals surface area contributed by atoms with Crippen LogP contribution in [0.15, 0.2) is 36.7 Å². The Kier molecular flexibility index (Phi) is 8.82. The summed E-state index contributed by atoms with van der Waals surface area (Å²) >= 11 is 0. The number of carbonyl (C=O) groups is 1.